The standard InChI is InChI=1S/C15H21N3/c1-5-14(16)13-8-6-7-9-15(13)18-12(4)10(2)11(3)17-18/h6-9,14H,5,16H2,1-4H3. The summed E-state index contributed by atoms with van der Waals surface area (Å²) in [6.45, 7) is 8.36. The van der Waals surface area contributed by atoms with Crippen LogP contribution in [-0.4, -0.2) is 9.78 Å². The monoisotopic (exact) mass is 243 g/mol. The molecule has 0 saturated carbocycles. The van der Waals surface area contributed by atoms with Crippen LogP contribution in [0, 0.1) is 20.8 Å². The molecule has 2 aromatic rings. The molecular formula is C15H21N3. The first kappa shape index (κ1) is 12.8. The topological polar surface area (TPSA) is 43.8 Å². The van der Waals surface area contributed by atoms with E-state index in [2.05, 4.69) is 38.0 Å². The number of benzene rings is 1. The second kappa shape index (κ2) is 4.94. The maximum absolute atomic E-state index is 6.19. The fraction of sp³-hybridized carbons (Fsp3) is 0.400. The van der Waals surface area contributed by atoms with Crippen LogP contribution in [0.2, 0.25) is 0 Å². The molecule has 0 spiro atoms. The Morgan fingerprint density at radius 3 is 2.44 bits per heavy atom. The van der Waals surface area contributed by atoms with Gasteiger partial charge in [-0.15, -0.1) is 0 Å². The van der Waals surface area contributed by atoms with Crippen molar-refractivity contribution >= 4 is 0 Å². The summed E-state index contributed by atoms with van der Waals surface area (Å²) in [5.74, 6) is 0. The summed E-state index contributed by atoms with van der Waals surface area (Å²) in [7, 11) is 0. The van der Waals surface area contributed by atoms with Gasteiger partial charge in [-0.2, -0.15) is 5.10 Å². The fourth-order valence-electron chi connectivity index (χ4n) is 2.17. The van der Waals surface area contributed by atoms with Crippen molar-refractivity contribution in [3.63, 3.8) is 0 Å². The number of hydrogen-bond acceptors (Lipinski definition) is 2. The predicted molar refractivity (Wildman–Crippen MR) is 75.0 cm³/mol. The van der Waals surface area contributed by atoms with Crippen LogP contribution in [0.1, 0.15) is 41.9 Å². The maximum Gasteiger partial charge on any atom is 0.0696 e. The van der Waals surface area contributed by atoms with Crippen molar-refractivity contribution in [1.82, 2.24) is 9.78 Å². The molecule has 3 heteroatoms. The molecular weight excluding hydrogens is 222 g/mol. The van der Waals surface area contributed by atoms with Crippen molar-refractivity contribution in [3.8, 4) is 5.69 Å². The minimum atomic E-state index is 0.0606. The third-order valence-corrected chi connectivity index (χ3v) is 3.66. The van der Waals surface area contributed by atoms with E-state index in [-0.39, 0.29) is 6.04 Å². The highest BCUT2D eigenvalue weighted by Gasteiger charge is 2.14. The predicted octanol–water partition coefficient (Wildman–Crippen LogP) is 3.21. The Kier molecular flexibility index (Phi) is 3.53. The Bertz CT molecular complexity index is 555. The number of nitrogens with zero attached hydrogens (tertiary/aromatic N) is 2. The SMILES string of the molecule is CCC(N)c1ccccc1-n1nc(C)c(C)c1C. The van der Waals surface area contributed by atoms with E-state index in [1.54, 1.807) is 0 Å². The average molecular weight is 243 g/mol. The number of para-hydroxylation sites is 1. The van der Waals surface area contributed by atoms with E-state index in [1.807, 2.05) is 23.7 Å². The quantitative estimate of drug-likeness (QED) is 0.899. The number of nitrogens with two attached hydrogens (primary N) is 1. The molecule has 1 atom stereocenters. The number of rotatable bonds is 3. The number of hydrogen-bond donors (Lipinski definition) is 1. The first-order valence-corrected chi connectivity index (χ1v) is 6.44. The van der Waals surface area contributed by atoms with Crippen molar-refractivity contribution in [1.29, 1.82) is 0 Å². The molecule has 96 valence electrons. The summed E-state index contributed by atoms with van der Waals surface area (Å²) in [5.41, 5.74) is 11.9. The molecule has 2 N–H and O–H groups in total. The Balaban J connectivity index is 2.60. The molecule has 0 aliphatic heterocycles. The molecule has 1 aromatic carbocycles. The Morgan fingerprint density at radius 2 is 1.89 bits per heavy atom. The van der Waals surface area contributed by atoms with E-state index < -0.39 is 0 Å². The zero-order valence-electron chi connectivity index (χ0n) is 11.6. The first-order valence-electron chi connectivity index (χ1n) is 6.44. The lowest BCUT2D eigenvalue weighted by Gasteiger charge is -2.15. The lowest BCUT2D eigenvalue weighted by molar-refractivity contribution is 0.683. The molecule has 0 saturated heterocycles. The lowest BCUT2D eigenvalue weighted by Crippen LogP contribution is -2.13. The third kappa shape index (κ3) is 2.06. The van der Waals surface area contributed by atoms with Crippen molar-refractivity contribution in [2.24, 2.45) is 5.73 Å². The van der Waals surface area contributed by atoms with E-state index >= 15 is 0 Å². The summed E-state index contributed by atoms with van der Waals surface area (Å²) in [4.78, 5) is 0. The first-order chi connectivity index (χ1) is 8.56. The highest BCUT2D eigenvalue weighted by molar-refractivity contribution is 5.45. The van der Waals surface area contributed by atoms with Crippen LogP contribution in [0.5, 0.6) is 0 Å². The van der Waals surface area contributed by atoms with E-state index in [9.17, 15) is 0 Å². The molecule has 2 rings (SSSR count). The normalized spacial score (nSPS) is 12.7. The van der Waals surface area contributed by atoms with Crippen molar-refractivity contribution in [2.45, 2.75) is 40.2 Å². The van der Waals surface area contributed by atoms with Gasteiger partial charge in [-0.3, -0.25) is 0 Å². The van der Waals surface area contributed by atoms with Crippen LogP contribution in [0.4, 0.5) is 0 Å². The molecule has 0 aliphatic carbocycles. The smallest absolute Gasteiger partial charge is 0.0696 e. The second-order valence-electron chi connectivity index (χ2n) is 4.78. The Morgan fingerprint density at radius 1 is 1.22 bits per heavy atom. The van der Waals surface area contributed by atoms with Crippen LogP contribution in [0.25, 0.3) is 5.69 Å². The minimum Gasteiger partial charge on any atom is -0.324 e. The van der Waals surface area contributed by atoms with Crippen LogP contribution in [0.3, 0.4) is 0 Å². The third-order valence-electron chi connectivity index (χ3n) is 3.66. The summed E-state index contributed by atoms with van der Waals surface area (Å²) in [5, 5.41) is 4.62. The van der Waals surface area contributed by atoms with Gasteiger partial charge in [0.1, 0.15) is 0 Å². The zero-order valence-corrected chi connectivity index (χ0v) is 11.6. The zero-order chi connectivity index (χ0) is 13.3. The Labute approximate surface area is 109 Å². The van der Waals surface area contributed by atoms with Gasteiger partial charge in [0.25, 0.3) is 0 Å². The summed E-state index contributed by atoms with van der Waals surface area (Å²) in [6, 6.07) is 8.31. The summed E-state index contributed by atoms with van der Waals surface area (Å²) < 4.78 is 2.01. The molecule has 1 heterocycles. The van der Waals surface area contributed by atoms with Gasteiger partial charge < -0.3 is 5.73 Å². The summed E-state index contributed by atoms with van der Waals surface area (Å²) in [6.07, 6.45) is 0.926. The van der Waals surface area contributed by atoms with E-state index in [4.69, 9.17) is 5.73 Å². The second-order valence-corrected chi connectivity index (χ2v) is 4.78. The number of aromatic nitrogens is 2. The molecule has 18 heavy (non-hydrogen) atoms. The van der Waals surface area contributed by atoms with E-state index in [0.29, 0.717) is 0 Å². The fourth-order valence-corrected chi connectivity index (χ4v) is 2.17. The van der Waals surface area contributed by atoms with E-state index in [1.165, 1.54) is 11.3 Å². The van der Waals surface area contributed by atoms with Gasteiger partial charge in [0.05, 0.1) is 11.4 Å². The molecule has 0 radical (unpaired) electrons. The van der Waals surface area contributed by atoms with Gasteiger partial charge in [-0.25, -0.2) is 4.68 Å². The minimum absolute atomic E-state index is 0.0606. The maximum atomic E-state index is 6.19. The molecule has 0 fully saturated rings. The molecule has 0 aliphatic rings. The van der Waals surface area contributed by atoms with Crippen LogP contribution >= 0.6 is 0 Å². The van der Waals surface area contributed by atoms with Crippen LogP contribution in [-0.2, 0) is 0 Å². The van der Waals surface area contributed by atoms with Gasteiger partial charge in [-0.05, 0) is 44.4 Å². The molecule has 1 unspecified atom stereocenters. The molecule has 0 bridgehead atoms. The Hall–Kier alpha value is -1.61. The van der Waals surface area contributed by atoms with Gasteiger partial charge in [-0.1, -0.05) is 25.1 Å². The van der Waals surface area contributed by atoms with Gasteiger partial charge in [0.2, 0.25) is 0 Å². The highest BCUT2D eigenvalue weighted by atomic mass is 15.3. The lowest BCUT2D eigenvalue weighted by atomic mass is 10.0. The molecule has 0 amide bonds. The van der Waals surface area contributed by atoms with Gasteiger partial charge in [0.15, 0.2) is 0 Å². The van der Waals surface area contributed by atoms with Crippen molar-refractivity contribution < 1.29 is 0 Å². The largest absolute Gasteiger partial charge is 0.324 e. The average Bonchev–Trinajstić information content (AvgIpc) is 2.65. The van der Waals surface area contributed by atoms with E-state index in [0.717, 1.165) is 23.4 Å². The van der Waals surface area contributed by atoms with Crippen LogP contribution < -0.4 is 5.73 Å². The van der Waals surface area contributed by atoms with Crippen molar-refractivity contribution in [3.05, 3.63) is 46.8 Å². The van der Waals surface area contributed by atoms with Gasteiger partial charge in [0, 0.05) is 11.7 Å². The molecule has 1 aromatic heterocycles. The van der Waals surface area contributed by atoms with Gasteiger partial charge >= 0.3 is 0 Å². The number of aryl methyl sites for hydroxylation is 1. The highest BCUT2D eigenvalue weighted by Crippen LogP contribution is 2.24. The van der Waals surface area contributed by atoms with Crippen LogP contribution in [0.15, 0.2) is 24.3 Å². The van der Waals surface area contributed by atoms with Crippen molar-refractivity contribution in [2.75, 3.05) is 0 Å². The molecule has 3 nitrogen and oxygen atoms in total. The summed E-state index contributed by atoms with van der Waals surface area (Å²) >= 11 is 0.